The molecule has 19 heavy (non-hydrogen) atoms. The highest BCUT2D eigenvalue weighted by Gasteiger charge is 2.14. The Balaban J connectivity index is 2.43. The van der Waals surface area contributed by atoms with E-state index < -0.39 is 0 Å². The molecule has 0 aliphatic rings. The van der Waals surface area contributed by atoms with Gasteiger partial charge in [-0.1, -0.05) is 0 Å². The van der Waals surface area contributed by atoms with Crippen molar-refractivity contribution in [2.24, 2.45) is 0 Å². The predicted molar refractivity (Wildman–Crippen MR) is 73.5 cm³/mol. The van der Waals surface area contributed by atoms with Crippen LogP contribution in [0.25, 0.3) is 16.9 Å². The second-order valence-electron chi connectivity index (χ2n) is 4.40. The second kappa shape index (κ2) is 4.35. The lowest BCUT2D eigenvalue weighted by atomic mass is 10.3. The standard InChI is InChI=1S/C14H14N4O/c1-3-17-14(19)11-5-4-7-16-13(11)18(17)12-9-10(2)6-8-15-12/h4-9H,3H2,1-2H3. The maximum absolute atomic E-state index is 12.3. The maximum atomic E-state index is 12.3. The van der Waals surface area contributed by atoms with Crippen molar-refractivity contribution in [3.63, 3.8) is 0 Å². The number of pyridine rings is 2. The van der Waals surface area contributed by atoms with E-state index in [0.29, 0.717) is 23.4 Å². The summed E-state index contributed by atoms with van der Waals surface area (Å²) in [5, 5.41) is 0.618. The SMILES string of the molecule is CCn1c(=O)c2cccnc2n1-c1cc(C)ccn1. The zero-order valence-corrected chi connectivity index (χ0v) is 10.9. The van der Waals surface area contributed by atoms with Crippen molar-refractivity contribution in [1.82, 2.24) is 19.3 Å². The van der Waals surface area contributed by atoms with E-state index in [1.165, 1.54) is 0 Å². The number of nitrogens with zero attached hydrogens (tertiary/aromatic N) is 4. The van der Waals surface area contributed by atoms with Crippen LogP contribution in [0.2, 0.25) is 0 Å². The van der Waals surface area contributed by atoms with Crippen LogP contribution in [0.5, 0.6) is 0 Å². The summed E-state index contributed by atoms with van der Waals surface area (Å²) < 4.78 is 3.43. The van der Waals surface area contributed by atoms with E-state index in [0.717, 1.165) is 5.56 Å². The van der Waals surface area contributed by atoms with Crippen LogP contribution in [-0.4, -0.2) is 19.3 Å². The highest BCUT2D eigenvalue weighted by molar-refractivity contribution is 5.75. The van der Waals surface area contributed by atoms with Crippen LogP contribution in [0.4, 0.5) is 0 Å². The maximum Gasteiger partial charge on any atom is 0.276 e. The highest BCUT2D eigenvalue weighted by Crippen LogP contribution is 2.14. The summed E-state index contributed by atoms with van der Waals surface area (Å²) in [6, 6.07) is 7.44. The predicted octanol–water partition coefficient (Wildman–Crippen LogP) is 1.91. The fraction of sp³-hybridized carbons (Fsp3) is 0.214. The Morgan fingerprint density at radius 2 is 2.05 bits per heavy atom. The van der Waals surface area contributed by atoms with E-state index in [2.05, 4.69) is 9.97 Å². The molecule has 0 radical (unpaired) electrons. The molecule has 0 aliphatic heterocycles. The zero-order chi connectivity index (χ0) is 13.4. The molecule has 0 saturated heterocycles. The molecule has 3 aromatic rings. The number of aryl methyl sites for hydroxylation is 1. The fourth-order valence-corrected chi connectivity index (χ4v) is 2.23. The van der Waals surface area contributed by atoms with Gasteiger partial charge in [-0.15, -0.1) is 0 Å². The van der Waals surface area contributed by atoms with Gasteiger partial charge in [0.1, 0.15) is 0 Å². The Morgan fingerprint density at radius 1 is 1.21 bits per heavy atom. The van der Waals surface area contributed by atoms with E-state index in [4.69, 9.17) is 0 Å². The fourth-order valence-electron chi connectivity index (χ4n) is 2.23. The van der Waals surface area contributed by atoms with Crippen molar-refractivity contribution in [3.8, 4) is 5.82 Å². The number of hydrogen-bond acceptors (Lipinski definition) is 3. The second-order valence-corrected chi connectivity index (χ2v) is 4.40. The molecule has 0 aromatic carbocycles. The Bertz CT molecular complexity index is 801. The van der Waals surface area contributed by atoms with Crippen LogP contribution in [0, 0.1) is 6.92 Å². The number of rotatable bonds is 2. The molecule has 0 saturated carbocycles. The first-order chi connectivity index (χ1) is 9.22. The van der Waals surface area contributed by atoms with Crippen LogP contribution in [-0.2, 0) is 6.54 Å². The van der Waals surface area contributed by atoms with Gasteiger partial charge in [-0.3, -0.25) is 4.79 Å². The van der Waals surface area contributed by atoms with Gasteiger partial charge < -0.3 is 0 Å². The zero-order valence-electron chi connectivity index (χ0n) is 10.9. The van der Waals surface area contributed by atoms with Crippen molar-refractivity contribution >= 4 is 11.0 Å². The molecule has 5 heteroatoms. The highest BCUT2D eigenvalue weighted by atomic mass is 16.1. The molecular formula is C14H14N4O. The Morgan fingerprint density at radius 3 is 2.79 bits per heavy atom. The topological polar surface area (TPSA) is 52.7 Å². The summed E-state index contributed by atoms with van der Waals surface area (Å²) in [4.78, 5) is 21.0. The van der Waals surface area contributed by atoms with Crippen molar-refractivity contribution in [2.75, 3.05) is 0 Å². The molecular weight excluding hydrogens is 240 g/mol. The van der Waals surface area contributed by atoms with Gasteiger partial charge in [0.25, 0.3) is 5.56 Å². The van der Waals surface area contributed by atoms with Crippen molar-refractivity contribution in [3.05, 3.63) is 52.6 Å². The van der Waals surface area contributed by atoms with Gasteiger partial charge in [0.15, 0.2) is 11.5 Å². The van der Waals surface area contributed by atoms with Crippen molar-refractivity contribution in [1.29, 1.82) is 0 Å². The van der Waals surface area contributed by atoms with Crippen molar-refractivity contribution in [2.45, 2.75) is 20.4 Å². The molecule has 0 bridgehead atoms. The minimum absolute atomic E-state index is 0.0334. The largest absolute Gasteiger partial charge is 0.276 e. The third kappa shape index (κ3) is 1.74. The summed E-state index contributed by atoms with van der Waals surface area (Å²) in [6.07, 6.45) is 3.43. The Labute approximate surface area is 110 Å². The normalized spacial score (nSPS) is 11.1. The molecule has 0 N–H and O–H groups in total. The van der Waals surface area contributed by atoms with Gasteiger partial charge in [-0.05, 0) is 43.7 Å². The summed E-state index contributed by atoms with van der Waals surface area (Å²) in [5.41, 5.74) is 1.71. The van der Waals surface area contributed by atoms with Gasteiger partial charge in [-0.25, -0.2) is 19.3 Å². The molecule has 0 amide bonds. The number of aromatic nitrogens is 4. The number of hydrogen-bond donors (Lipinski definition) is 0. The van der Waals surface area contributed by atoms with Gasteiger partial charge in [-0.2, -0.15) is 0 Å². The summed E-state index contributed by atoms with van der Waals surface area (Å²) in [7, 11) is 0. The van der Waals surface area contributed by atoms with Crippen LogP contribution < -0.4 is 5.56 Å². The third-order valence-corrected chi connectivity index (χ3v) is 3.11. The summed E-state index contributed by atoms with van der Waals surface area (Å²) >= 11 is 0. The molecule has 0 atom stereocenters. The third-order valence-electron chi connectivity index (χ3n) is 3.11. The van der Waals surface area contributed by atoms with E-state index in [9.17, 15) is 4.79 Å². The average molecular weight is 254 g/mol. The molecule has 0 unspecified atom stereocenters. The van der Waals surface area contributed by atoms with Gasteiger partial charge in [0, 0.05) is 18.9 Å². The lowest BCUT2D eigenvalue weighted by Gasteiger charge is -2.09. The van der Waals surface area contributed by atoms with Gasteiger partial charge in [0.05, 0.1) is 5.39 Å². The minimum atomic E-state index is -0.0334. The molecule has 3 rings (SSSR count). The molecule has 3 aromatic heterocycles. The van der Waals surface area contributed by atoms with E-state index >= 15 is 0 Å². The first kappa shape index (κ1) is 11.6. The summed E-state index contributed by atoms with van der Waals surface area (Å²) in [5.74, 6) is 0.715. The van der Waals surface area contributed by atoms with Gasteiger partial charge >= 0.3 is 0 Å². The minimum Gasteiger partial charge on any atom is -0.267 e. The Hall–Kier alpha value is -2.43. The quantitative estimate of drug-likeness (QED) is 0.702. The smallest absolute Gasteiger partial charge is 0.267 e. The van der Waals surface area contributed by atoms with Gasteiger partial charge in [0.2, 0.25) is 0 Å². The lowest BCUT2D eigenvalue weighted by molar-refractivity contribution is 0.567. The first-order valence-electron chi connectivity index (χ1n) is 6.22. The van der Waals surface area contributed by atoms with Crippen molar-refractivity contribution < 1.29 is 0 Å². The molecule has 0 aliphatic carbocycles. The van der Waals surface area contributed by atoms with Crippen LogP contribution in [0.3, 0.4) is 0 Å². The summed E-state index contributed by atoms with van der Waals surface area (Å²) in [6.45, 7) is 4.51. The van der Waals surface area contributed by atoms with E-state index in [-0.39, 0.29) is 5.56 Å². The molecule has 96 valence electrons. The van der Waals surface area contributed by atoms with Crippen LogP contribution in [0.1, 0.15) is 12.5 Å². The van der Waals surface area contributed by atoms with E-state index in [1.54, 1.807) is 33.9 Å². The average Bonchev–Trinajstić information content (AvgIpc) is 2.72. The molecule has 0 fully saturated rings. The monoisotopic (exact) mass is 254 g/mol. The first-order valence-corrected chi connectivity index (χ1v) is 6.22. The lowest BCUT2D eigenvalue weighted by Crippen LogP contribution is -2.21. The van der Waals surface area contributed by atoms with Crippen LogP contribution in [0.15, 0.2) is 41.5 Å². The Kier molecular flexibility index (Phi) is 2.67. The number of fused-ring (bicyclic) bond motifs is 1. The van der Waals surface area contributed by atoms with E-state index in [1.807, 2.05) is 26.0 Å². The molecule has 5 nitrogen and oxygen atoms in total. The van der Waals surface area contributed by atoms with Crippen LogP contribution >= 0.6 is 0 Å². The molecule has 0 spiro atoms. The molecule has 3 heterocycles.